The van der Waals surface area contributed by atoms with Crippen LogP contribution in [0.25, 0.3) is 0 Å². The molecular weight excluding hydrogens is 223 g/mol. The molecule has 2 N–H and O–H groups in total. The van der Waals surface area contributed by atoms with Gasteiger partial charge >= 0.3 is 0 Å². The van der Waals surface area contributed by atoms with E-state index in [0.29, 0.717) is 25.4 Å². The SMILES string of the molecule is N#Cc1c(F)cccc1NCCCOCCO. The number of aliphatic hydroxyl groups excluding tert-OH is 1. The number of hydrogen-bond donors (Lipinski definition) is 2. The summed E-state index contributed by atoms with van der Waals surface area (Å²) in [4.78, 5) is 0. The van der Waals surface area contributed by atoms with Crippen molar-refractivity contribution in [3.8, 4) is 6.07 Å². The molecular formula is C12H15FN2O2. The normalized spacial score (nSPS) is 9.94. The number of halogens is 1. The summed E-state index contributed by atoms with van der Waals surface area (Å²) in [5, 5.41) is 20.2. The van der Waals surface area contributed by atoms with E-state index < -0.39 is 5.82 Å². The zero-order valence-electron chi connectivity index (χ0n) is 9.45. The van der Waals surface area contributed by atoms with Gasteiger partial charge in [0.15, 0.2) is 0 Å². The molecule has 1 aromatic carbocycles. The van der Waals surface area contributed by atoms with E-state index in [4.69, 9.17) is 15.1 Å². The Morgan fingerprint density at radius 1 is 1.41 bits per heavy atom. The third-order valence-electron chi connectivity index (χ3n) is 2.14. The largest absolute Gasteiger partial charge is 0.394 e. The van der Waals surface area contributed by atoms with Crippen LogP contribution in [-0.4, -0.2) is 31.5 Å². The topological polar surface area (TPSA) is 65.3 Å². The van der Waals surface area contributed by atoms with Crippen LogP contribution in [0.1, 0.15) is 12.0 Å². The predicted octanol–water partition coefficient (Wildman–Crippen LogP) is 1.51. The quantitative estimate of drug-likeness (QED) is 0.707. The summed E-state index contributed by atoms with van der Waals surface area (Å²) in [6.07, 6.45) is 0.724. The minimum absolute atomic E-state index is 0.00983. The van der Waals surface area contributed by atoms with Crippen molar-refractivity contribution in [3.05, 3.63) is 29.6 Å². The fraction of sp³-hybridized carbons (Fsp3) is 0.417. The van der Waals surface area contributed by atoms with Crippen LogP contribution in [0, 0.1) is 17.1 Å². The molecule has 0 fully saturated rings. The molecule has 0 saturated heterocycles. The first-order valence-electron chi connectivity index (χ1n) is 5.40. The Bertz CT molecular complexity index is 391. The molecule has 0 heterocycles. The molecule has 0 aliphatic heterocycles. The number of ether oxygens (including phenoxy) is 1. The van der Waals surface area contributed by atoms with Gasteiger partial charge in [0.1, 0.15) is 17.4 Å². The molecule has 0 radical (unpaired) electrons. The maximum atomic E-state index is 13.2. The van der Waals surface area contributed by atoms with Crippen molar-refractivity contribution in [1.82, 2.24) is 0 Å². The van der Waals surface area contributed by atoms with Gasteiger partial charge < -0.3 is 15.2 Å². The van der Waals surface area contributed by atoms with Gasteiger partial charge in [-0.05, 0) is 18.6 Å². The van der Waals surface area contributed by atoms with Gasteiger partial charge in [-0.2, -0.15) is 5.26 Å². The lowest BCUT2D eigenvalue weighted by Crippen LogP contribution is -2.08. The van der Waals surface area contributed by atoms with Crippen molar-refractivity contribution in [1.29, 1.82) is 5.26 Å². The van der Waals surface area contributed by atoms with Crippen molar-refractivity contribution >= 4 is 5.69 Å². The van der Waals surface area contributed by atoms with Crippen LogP contribution in [0.3, 0.4) is 0 Å². The first kappa shape index (κ1) is 13.4. The number of anilines is 1. The number of hydrogen-bond acceptors (Lipinski definition) is 4. The van der Waals surface area contributed by atoms with Crippen LogP contribution < -0.4 is 5.32 Å². The fourth-order valence-electron chi connectivity index (χ4n) is 1.35. The van der Waals surface area contributed by atoms with Crippen molar-refractivity contribution in [2.45, 2.75) is 6.42 Å². The lowest BCUT2D eigenvalue weighted by atomic mass is 10.2. The molecule has 1 rings (SSSR count). The predicted molar refractivity (Wildman–Crippen MR) is 62.1 cm³/mol. The number of rotatable bonds is 7. The highest BCUT2D eigenvalue weighted by Crippen LogP contribution is 2.17. The highest BCUT2D eigenvalue weighted by molar-refractivity contribution is 5.57. The van der Waals surface area contributed by atoms with E-state index in [1.165, 1.54) is 6.07 Å². The molecule has 0 spiro atoms. The monoisotopic (exact) mass is 238 g/mol. The Hall–Kier alpha value is -1.64. The molecule has 0 aromatic heterocycles. The van der Waals surface area contributed by atoms with E-state index in [1.54, 1.807) is 12.1 Å². The molecule has 0 amide bonds. The van der Waals surface area contributed by atoms with Gasteiger partial charge in [-0.25, -0.2) is 4.39 Å². The second kappa shape index (κ2) is 7.60. The molecule has 17 heavy (non-hydrogen) atoms. The van der Waals surface area contributed by atoms with E-state index in [9.17, 15) is 4.39 Å². The third-order valence-corrected chi connectivity index (χ3v) is 2.14. The van der Waals surface area contributed by atoms with Gasteiger partial charge in [0.25, 0.3) is 0 Å². The molecule has 0 unspecified atom stereocenters. The molecule has 1 aromatic rings. The second-order valence-corrected chi connectivity index (χ2v) is 3.39. The molecule has 92 valence electrons. The molecule has 4 nitrogen and oxygen atoms in total. The lowest BCUT2D eigenvalue weighted by Gasteiger charge is -2.08. The molecule has 5 heteroatoms. The van der Waals surface area contributed by atoms with E-state index in [1.807, 2.05) is 6.07 Å². The van der Waals surface area contributed by atoms with Crippen molar-refractivity contribution in [2.75, 3.05) is 31.7 Å². The van der Waals surface area contributed by atoms with Crippen LogP contribution in [-0.2, 0) is 4.74 Å². The summed E-state index contributed by atoms with van der Waals surface area (Å²) in [5.41, 5.74) is 0.526. The summed E-state index contributed by atoms with van der Waals surface area (Å²) >= 11 is 0. The molecule has 0 bridgehead atoms. The molecule has 0 atom stereocenters. The Morgan fingerprint density at radius 2 is 2.24 bits per heavy atom. The van der Waals surface area contributed by atoms with Crippen molar-refractivity contribution in [3.63, 3.8) is 0 Å². The van der Waals surface area contributed by atoms with Gasteiger partial charge in [0.05, 0.1) is 18.9 Å². The highest BCUT2D eigenvalue weighted by Gasteiger charge is 2.06. The van der Waals surface area contributed by atoms with Gasteiger partial charge in [-0.15, -0.1) is 0 Å². The van der Waals surface area contributed by atoms with E-state index >= 15 is 0 Å². The number of benzene rings is 1. The van der Waals surface area contributed by atoms with Gasteiger partial charge in [0.2, 0.25) is 0 Å². The van der Waals surface area contributed by atoms with Crippen LogP contribution in [0.2, 0.25) is 0 Å². The number of nitrogens with zero attached hydrogens (tertiary/aromatic N) is 1. The van der Waals surface area contributed by atoms with Gasteiger partial charge in [-0.1, -0.05) is 6.07 Å². The lowest BCUT2D eigenvalue weighted by molar-refractivity contribution is 0.0922. The first-order chi connectivity index (χ1) is 8.29. The second-order valence-electron chi connectivity index (χ2n) is 3.39. The summed E-state index contributed by atoms with van der Waals surface area (Å²) in [7, 11) is 0. The molecule has 0 aliphatic rings. The minimum Gasteiger partial charge on any atom is -0.394 e. The van der Waals surface area contributed by atoms with Crippen LogP contribution in [0.4, 0.5) is 10.1 Å². The summed E-state index contributed by atoms with van der Waals surface area (Å²) in [6, 6.07) is 6.30. The average molecular weight is 238 g/mol. The van der Waals surface area contributed by atoms with Crippen molar-refractivity contribution < 1.29 is 14.2 Å². The molecule has 0 aliphatic carbocycles. The van der Waals surface area contributed by atoms with Crippen LogP contribution >= 0.6 is 0 Å². The van der Waals surface area contributed by atoms with E-state index in [2.05, 4.69) is 5.32 Å². The Balaban J connectivity index is 2.37. The smallest absolute Gasteiger partial charge is 0.143 e. The van der Waals surface area contributed by atoms with E-state index in [-0.39, 0.29) is 12.2 Å². The number of aliphatic hydroxyl groups is 1. The highest BCUT2D eigenvalue weighted by atomic mass is 19.1. The Morgan fingerprint density at radius 3 is 2.94 bits per heavy atom. The van der Waals surface area contributed by atoms with E-state index in [0.717, 1.165) is 6.42 Å². The zero-order chi connectivity index (χ0) is 12.5. The summed E-state index contributed by atoms with van der Waals surface area (Å²) < 4.78 is 18.3. The number of nitriles is 1. The maximum absolute atomic E-state index is 13.2. The standard InChI is InChI=1S/C12H15FN2O2/c13-11-3-1-4-12(10(11)9-14)15-5-2-7-17-8-6-16/h1,3-4,15-16H,2,5-8H2. The summed E-state index contributed by atoms with van der Waals surface area (Å²) in [6.45, 7) is 1.44. The zero-order valence-corrected chi connectivity index (χ0v) is 9.45. The minimum atomic E-state index is -0.519. The maximum Gasteiger partial charge on any atom is 0.143 e. The Labute approximate surface area is 99.6 Å². The van der Waals surface area contributed by atoms with Gasteiger partial charge in [0, 0.05) is 13.2 Å². The van der Waals surface area contributed by atoms with Crippen molar-refractivity contribution in [2.24, 2.45) is 0 Å². The van der Waals surface area contributed by atoms with Crippen LogP contribution in [0.5, 0.6) is 0 Å². The first-order valence-corrected chi connectivity index (χ1v) is 5.40. The average Bonchev–Trinajstić information content (AvgIpc) is 2.34. The molecule has 0 saturated carbocycles. The van der Waals surface area contributed by atoms with Gasteiger partial charge in [-0.3, -0.25) is 0 Å². The number of nitrogens with one attached hydrogen (secondary N) is 1. The fourth-order valence-corrected chi connectivity index (χ4v) is 1.35. The van der Waals surface area contributed by atoms with Crippen LogP contribution in [0.15, 0.2) is 18.2 Å². The third kappa shape index (κ3) is 4.39. The summed E-state index contributed by atoms with van der Waals surface area (Å²) in [5.74, 6) is -0.519. The Kier molecular flexibility index (Phi) is 6.00.